The molecule has 1 aromatic carbocycles. The number of benzene rings is 1. The molecule has 1 aromatic rings. The molecule has 124 valence electrons. The third-order valence-electron chi connectivity index (χ3n) is 4.34. The van der Waals surface area contributed by atoms with Crippen molar-refractivity contribution in [1.82, 2.24) is 10.6 Å². The Bertz CT molecular complexity index is 473. The molecule has 0 radical (unpaired) electrons. The average Bonchev–Trinajstić information content (AvgIpc) is 2.52. The molecule has 4 nitrogen and oxygen atoms in total. The van der Waals surface area contributed by atoms with Gasteiger partial charge in [-0.3, -0.25) is 4.79 Å². The van der Waals surface area contributed by atoms with E-state index in [9.17, 15) is 4.79 Å². The first-order chi connectivity index (χ1) is 10.1. The predicted octanol–water partition coefficient (Wildman–Crippen LogP) is 2.56. The second-order valence-electron chi connectivity index (χ2n) is 6.15. The summed E-state index contributed by atoms with van der Waals surface area (Å²) in [6.45, 7) is 5.13. The average molecular weight is 327 g/mol. The van der Waals surface area contributed by atoms with Crippen molar-refractivity contribution in [3.8, 4) is 5.75 Å². The third-order valence-corrected chi connectivity index (χ3v) is 4.34. The first-order valence-corrected chi connectivity index (χ1v) is 7.72. The molecular weight excluding hydrogens is 300 g/mol. The zero-order valence-corrected chi connectivity index (χ0v) is 14.3. The number of methoxy groups -OCH3 is 1. The minimum Gasteiger partial charge on any atom is -0.496 e. The van der Waals surface area contributed by atoms with Crippen LogP contribution in [0, 0.1) is 5.41 Å². The van der Waals surface area contributed by atoms with Crippen LogP contribution in [0.25, 0.3) is 0 Å². The van der Waals surface area contributed by atoms with Crippen LogP contribution in [0.1, 0.15) is 31.7 Å². The smallest absolute Gasteiger partial charge is 0.220 e. The second kappa shape index (κ2) is 9.01. The Kier molecular flexibility index (Phi) is 7.69. The highest BCUT2D eigenvalue weighted by Crippen LogP contribution is 2.26. The van der Waals surface area contributed by atoms with Crippen molar-refractivity contribution in [3.05, 3.63) is 29.8 Å². The van der Waals surface area contributed by atoms with Gasteiger partial charge in [0.05, 0.1) is 7.11 Å². The normalized spacial score (nSPS) is 16.5. The maximum absolute atomic E-state index is 12.0. The number of ether oxygens (including phenoxy) is 1. The fourth-order valence-electron chi connectivity index (χ4n) is 2.77. The minimum absolute atomic E-state index is 0. The molecule has 1 saturated heterocycles. The second-order valence-corrected chi connectivity index (χ2v) is 6.15. The molecule has 22 heavy (non-hydrogen) atoms. The van der Waals surface area contributed by atoms with Crippen molar-refractivity contribution < 1.29 is 9.53 Å². The van der Waals surface area contributed by atoms with E-state index in [2.05, 4.69) is 17.6 Å². The standard InChI is InChI=1S/C17H26N2O2.ClH/c1-17(9-11-18-12-10-17)13-19-16(20)8-7-14-5-3-4-6-15(14)21-2;/h3-6,18H,7-13H2,1-2H3,(H,19,20);1H. The van der Waals surface area contributed by atoms with E-state index in [0.29, 0.717) is 12.8 Å². The Balaban J connectivity index is 0.00000242. The van der Waals surface area contributed by atoms with Crippen LogP contribution in [-0.4, -0.2) is 32.7 Å². The maximum Gasteiger partial charge on any atom is 0.220 e. The molecule has 1 aliphatic rings. The van der Waals surface area contributed by atoms with Crippen LogP contribution in [0.15, 0.2) is 24.3 Å². The number of rotatable bonds is 6. The van der Waals surface area contributed by atoms with Crippen molar-refractivity contribution in [2.75, 3.05) is 26.7 Å². The molecule has 1 heterocycles. The molecule has 1 amide bonds. The molecule has 0 aliphatic carbocycles. The van der Waals surface area contributed by atoms with Crippen LogP contribution in [0.4, 0.5) is 0 Å². The predicted molar refractivity (Wildman–Crippen MR) is 91.8 cm³/mol. The summed E-state index contributed by atoms with van der Waals surface area (Å²) in [5.74, 6) is 0.983. The fourth-order valence-corrected chi connectivity index (χ4v) is 2.77. The summed E-state index contributed by atoms with van der Waals surface area (Å²) in [6, 6.07) is 7.87. The largest absolute Gasteiger partial charge is 0.496 e. The van der Waals surface area contributed by atoms with Crippen LogP contribution in [0.2, 0.25) is 0 Å². The van der Waals surface area contributed by atoms with Crippen molar-refractivity contribution in [2.45, 2.75) is 32.6 Å². The highest BCUT2D eigenvalue weighted by molar-refractivity contribution is 5.85. The molecule has 2 rings (SSSR count). The van der Waals surface area contributed by atoms with Gasteiger partial charge in [-0.2, -0.15) is 0 Å². The first kappa shape index (κ1) is 18.8. The molecule has 0 saturated carbocycles. The Morgan fingerprint density at radius 1 is 1.32 bits per heavy atom. The van der Waals surface area contributed by atoms with Gasteiger partial charge in [-0.15, -0.1) is 12.4 Å². The lowest BCUT2D eigenvalue weighted by molar-refractivity contribution is -0.121. The molecule has 0 spiro atoms. The molecule has 2 N–H and O–H groups in total. The summed E-state index contributed by atoms with van der Waals surface area (Å²) in [7, 11) is 1.66. The Labute approximate surface area is 139 Å². The number of carbonyl (C=O) groups excluding carboxylic acids is 1. The molecule has 0 unspecified atom stereocenters. The SMILES string of the molecule is COc1ccccc1CCC(=O)NCC1(C)CCNCC1.Cl. The number of amides is 1. The van der Waals surface area contributed by atoms with E-state index < -0.39 is 0 Å². The van der Waals surface area contributed by atoms with Gasteiger partial charge in [0.1, 0.15) is 5.75 Å². The van der Waals surface area contributed by atoms with Gasteiger partial charge >= 0.3 is 0 Å². The zero-order chi connectivity index (χ0) is 15.1. The third kappa shape index (κ3) is 5.50. The van der Waals surface area contributed by atoms with Crippen molar-refractivity contribution in [1.29, 1.82) is 0 Å². The summed E-state index contributed by atoms with van der Waals surface area (Å²) >= 11 is 0. The monoisotopic (exact) mass is 326 g/mol. The van der Waals surface area contributed by atoms with Crippen LogP contribution < -0.4 is 15.4 Å². The van der Waals surface area contributed by atoms with Crippen LogP contribution >= 0.6 is 12.4 Å². The van der Waals surface area contributed by atoms with E-state index in [-0.39, 0.29) is 23.7 Å². The van der Waals surface area contributed by atoms with E-state index >= 15 is 0 Å². The molecule has 0 bridgehead atoms. The van der Waals surface area contributed by atoms with Crippen LogP contribution in [0.5, 0.6) is 5.75 Å². The van der Waals surface area contributed by atoms with E-state index in [1.807, 2.05) is 24.3 Å². The zero-order valence-electron chi connectivity index (χ0n) is 13.5. The van der Waals surface area contributed by atoms with Crippen molar-refractivity contribution in [2.24, 2.45) is 5.41 Å². The van der Waals surface area contributed by atoms with Gasteiger partial charge < -0.3 is 15.4 Å². The Morgan fingerprint density at radius 2 is 2.00 bits per heavy atom. The van der Waals surface area contributed by atoms with Gasteiger partial charge in [-0.1, -0.05) is 25.1 Å². The highest BCUT2D eigenvalue weighted by atomic mass is 35.5. The molecular formula is C17H27ClN2O2. The van der Waals surface area contributed by atoms with Gasteiger partial charge in [-0.05, 0) is 49.4 Å². The number of nitrogens with one attached hydrogen (secondary N) is 2. The van der Waals surface area contributed by atoms with E-state index in [4.69, 9.17) is 4.74 Å². The fraction of sp³-hybridized carbons (Fsp3) is 0.588. The topological polar surface area (TPSA) is 50.4 Å². The molecule has 1 aliphatic heterocycles. The maximum atomic E-state index is 12.0. The molecule has 0 aromatic heterocycles. The van der Waals surface area contributed by atoms with Crippen LogP contribution in [0.3, 0.4) is 0 Å². The van der Waals surface area contributed by atoms with Gasteiger partial charge in [0, 0.05) is 13.0 Å². The Morgan fingerprint density at radius 3 is 2.68 bits per heavy atom. The van der Waals surface area contributed by atoms with Crippen molar-refractivity contribution >= 4 is 18.3 Å². The number of aryl methyl sites for hydroxylation is 1. The lowest BCUT2D eigenvalue weighted by atomic mass is 9.81. The Hall–Kier alpha value is -1.26. The van der Waals surface area contributed by atoms with Gasteiger partial charge in [0.15, 0.2) is 0 Å². The summed E-state index contributed by atoms with van der Waals surface area (Å²) < 4.78 is 5.31. The summed E-state index contributed by atoms with van der Waals surface area (Å²) in [4.78, 5) is 12.0. The number of piperidine rings is 1. The number of hydrogen-bond donors (Lipinski definition) is 2. The summed E-state index contributed by atoms with van der Waals surface area (Å²) in [6.07, 6.45) is 3.47. The first-order valence-electron chi connectivity index (χ1n) is 7.72. The molecule has 0 atom stereocenters. The van der Waals surface area contributed by atoms with Gasteiger partial charge in [0.2, 0.25) is 5.91 Å². The summed E-state index contributed by atoms with van der Waals surface area (Å²) in [5.41, 5.74) is 1.33. The van der Waals surface area contributed by atoms with E-state index in [1.54, 1.807) is 7.11 Å². The van der Waals surface area contributed by atoms with Crippen molar-refractivity contribution in [3.63, 3.8) is 0 Å². The highest BCUT2D eigenvalue weighted by Gasteiger charge is 2.26. The molecule has 1 fully saturated rings. The lowest BCUT2D eigenvalue weighted by Gasteiger charge is -2.34. The quantitative estimate of drug-likeness (QED) is 0.844. The minimum atomic E-state index is 0. The van der Waals surface area contributed by atoms with E-state index in [1.165, 1.54) is 0 Å². The number of para-hydroxylation sites is 1. The van der Waals surface area contributed by atoms with E-state index in [0.717, 1.165) is 43.8 Å². The summed E-state index contributed by atoms with van der Waals surface area (Å²) in [5, 5.41) is 6.45. The molecule has 5 heteroatoms. The van der Waals surface area contributed by atoms with Crippen LogP contribution in [-0.2, 0) is 11.2 Å². The number of carbonyl (C=O) groups is 1. The lowest BCUT2D eigenvalue weighted by Crippen LogP contribution is -2.42. The van der Waals surface area contributed by atoms with Gasteiger partial charge in [-0.25, -0.2) is 0 Å². The number of hydrogen-bond acceptors (Lipinski definition) is 3. The van der Waals surface area contributed by atoms with Gasteiger partial charge in [0.25, 0.3) is 0 Å². The number of halogens is 1.